The number of carboxylic acid groups (broad SMARTS) is 1. The van der Waals surface area contributed by atoms with Gasteiger partial charge in [-0.1, -0.05) is 0 Å². The Morgan fingerprint density at radius 1 is 1.17 bits per heavy atom. The highest BCUT2D eigenvalue weighted by Gasteiger charge is 2.44. The van der Waals surface area contributed by atoms with Gasteiger partial charge in [0.15, 0.2) is 0 Å². The smallest absolute Gasteiger partial charge is 0.310 e. The summed E-state index contributed by atoms with van der Waals surface area (Å²) in [4.78, 5) is 12.9. The second kappa shape index (κ2) is 3.05. The first-order valence-corrected chi connectivity index (χ1v) is 4.05. The van der Waals surface area contributed by atoms with Crippen LogP contribution in [0, 0.1) is 5.41 Å². The third-order valence-corrected chi connectivity index (χ3v) is 3.18. The van der Waals surface area contributed by atoms with Crippen LogP contribution in [-0.2, 0) is 4.79 Å². The summed E-state index contributed by atoms with van der Waals surface area (Å²) in [5.41, 5.74) is -1.09. The molecule has 0 atom stereocenters. The van der Waals surface area contributed by atoms with Crippen molar-refractivity contribution in [1.29, 1.82) is 0 Å². The van der Waals surface area contributed by atoms with Crippen molar-refractivity contribution < 1.29 is 9.90 Å². The zero-order valence-electron chi connectivity index (χ0n) is 8.80. The van der Waals surface area contributed by atoms with Crippen molar-refractivity contribution in [1.82, 2.24) is 4.90 Å². The molecule has 0 aromatic rings. The topological polar surface area (TPSA) is 40.5 Å². The van der Waals surface area contributed by atoms with Crippen molar-refractivity contribution >= 4 is 5.97 Å². The van der Waals surface area contributed by atoms with Gasteiger partial charge in [0, 0.05) is 5.54 Å². The van der Waals surface area contributed by atoms with Crippen LogP contribution in [0.5, 0.6) is 0 Å². The number of aliphatic carboxylic acids is 1. The largest absolute Gasteiger partial charge is 0.481 e. The first kappa shape index (κ1) is 11.4. The molecule has 0 aliphatic carbocycles. The molecule has 0 amide bonds. The fourth-order valence-corrected chi connectivity index (χ4v) is 0.821. The Kier molecular flexibility index (Phi) is 2.91. The van der Waals surface area contributed by atoms with Gasteiger partial charge < -0.3 is 10.0 Å². The van der Waals surface area contributed by atoms with Gasteiger partial charge in [0.25, 0.3) is 0 Å². The molecule has 0 aliphatic rings. The van der Waals surface area contributed by atoms with Crippen molar-refractivity contribution in [2.75, 3.05) is 14.1 Å². The minimum Gasteiger partial charge on any atom is -0.481 e. The van der Waals surface area contributed by atoms with Crippen LogP contribution in [-0.4, -0.2) is 35.6 Å². The maximum atomic E-state index is 10.9. The number of hydrogen-bond acceptors (Lipinski definition) is 2. The zero-order valence-corrected chi connectivity index (χ0v) is 8.80. The van der Waals surface area contributed by atoms with E-state index in [0.717, 1.165) is 0 Å². The maximum absolute atomic E-state index is 10.9. The van der Waals surface area contributed by atoms with Gasteiger partial charge >= 0.3 is 5.97 Å². The van der Waals surface area contributed by atoms with E-state index in [1.807, 2.05) is 32.8 Å². The van der Waals surface area contributed by atoms with Crippen LogP contribution in [0.2, 0.25) is 0 Å². The Morgan fingerprint density at radius 3 is 1.58 bits per heavy atom. The molecule has 0 unspecified atom stereocenters. The average Bonchev–Trinajstić information content (AvgIpc) is 1.86. The fraction of sp³-hybridized carbons (Fsp3) is 0.889. The monoisotopic (exact) mass is 173 g/mol. The molecule has 72 valence electrons. The van der Waals surface area contributed by atoms with Gasteiger partial charge in [-0.25, -0.2) is 0 Å². The van der Waals surface area contributed by atoms with Crippen molar-refractivity contribution in [2.24, 2.45) is 5.41 Å². The van der Waals surface area contributed by atoms with Crippen LogP contribution in [0.3, 0.4) is 0 Å². The third-order valence-electron chi connectivity index (χ3n) is 3.18. The van der Waals surface area contributed by atoms with E-state index in [9.17, 15) is 4.79 Å². The van der Waals surface area contributed by atoms with E-state index in [0.29, 0.717) is 0 Å². The van der Waals surface area contributed by atoms with Gasteiger partial charge in [-0.05, 0) is 41.8 Å². The molecule has 3 heteroatoms. The first-order valence-electron chi connectivity index (χ1n) is 4.05. The lowest BCUT2D eigenvalue weighted by atomic mass is 9.74. The summed E-state index contributed by atoms with van der Waals surface area (Å²) in [5, 5.41) is 9.00. The van der Waals surface area contributed by atoms with Crippen LogP contribution in [0.15, 0.2) is 0 Å². The van der Waals surface area contributed by atoms with Crippen molar-refractivity contribution in [3.8, 4) is 0 Å². The molecule has 0 spiro atoms. The standard InChI is InChI=1S/C9H19NO2/c1-8(2,7(11)12)9(3,4)10(5)6/h1-6H3,(H,11,12). The van der Waals surface area contributed by atoms with E-state index in [4.69, 9.17) is 5.11 Å². The second-order valence-electron chi connectivity index (χ2n) is 4.38. The van der Waals surface area contributed by atoms with Crippen LogP contribution in [0.25, 0.3) is 0 Å². The maximum Gasteiger partial charge on any atom is 0.310 e. The van der Waals surface area contributed by atoms with Crippen molar-refractivity contribution in [3.63, 3.8) is 0 Å². The molecular weight excluding hydrogens is 154 g/mol. The molecule has 0 saturated carbocycles. The average molecular weight is 173 g/mol. The summed E-state index contributed by atoms with van der Waals surface area (Å²) in [6.45, 7) is 7.35. The number of carboxylic acids is 1. The van der Waals surface area contributed by atoms with Gasteiger partial charge in [-0.15, -0.1) is 0 Å². The Morgan fingerprint density at radius 2 is 1.50 bits per heavy atom. The molecule has 0 bridgehead atoms. The molecule has 12 heavy (non-hydrogen) atoms. The van der Waals surface area contributed by atoms with Crippen molar-refractivity contribution in [3.05, 3.63) is 0 Å². The molecule has 0 aliphatic heterocycles. The fourth-order valence-electron chi connectivity index (χ4n) is 0.821. The van der Waals surface area contributed by atoms with E-state index in [1.54, 1.807) is 13.8 Å². The molecular formula is C9H19NO2. The number of nitrogens with zero attached hydrogens (tertiary/aromatic N) is 1. The van der Waals surface area contributed by atoms with Gasteiger partial charge in [0.1, 0.15) is 0 Å². The molecule has 0 heterocycles. The summed E-state index contributed by atoms with van der Waals surface area (Å²) in [7, 11) is 3.79. The van der Waals surface area contributed by atoms with Gasteiger partial charge in [-0.3, -0.25) is 4.79 Å². The highest BCUT2D eigenvalue weighted by atomic mass is 16.4. The first-order chi connectivity index (χ1) is 5.14. The number of carbonyl (C=O) groups is 1. The third kappa shape index (κ3) is 1.61. The van der Waals surface area contributed by atoms with Gasteiger partial charge in [0.2, 0.25) is 0 Å². The van der Waals surface area contributed by atoms with Crippen LogP contribution >= 0.6 is 0 Å². The van der Waals surface area contributed by atoms with E-state index < -0.39 is 11.4 Å². The van der Waals surface area contributed by atoms with Crippen LogP contribution < -0.4 is 0 Å². The van der Waals surface area contributed by atoms with Gasteiger partial charge in [-0.2, -0.15) is 0 Å². The van der Waals surface area contributed by atoms with Crippen LogP contribution in [0.4, 0.5) is 0 Å². The minimum atomic E-state index is -0.763. The Labute approximate surface area is 74.4 Å². The molecule has 0 fully saturated rings. The lowest BCUT2D eigenvalue weighted by Gasteiger charge is -2.43. The minimum absolute atomic E-state index is 0.348. The highest BCUT2D eigenvalue weighted by molar-refractivity contribution is 5.75. The lowest BCUT2D eigenvalue weighted by Crippen LogP contribution is -2.54. The molecule has 0 saturated heterocycles. The predicted octanol–water partition coefficient (Wildman–Crippen LogP) is 1.44. The lowest BCUT2D eigenvalue weighted by molar-refractivity contribution is -0.154. The summed E-state index contributed by atoms with van der Waals surface area (Å²) >= 11 is 0. The van der Waals surface area contributed by atoms with E-state index in [-0.39, 0.29) is 5.54 Å². The molecule has 0 rings (SSSR count). The summed E-state index contributed by atoms with van der Waals surface area (Å²) in [6.07, 6.45) is 0. The Balaban J connectivity index is 4.88. The van der Waals surface area contributed by atoms with E-state index in [1.165, 1.54) is 0 Å². The quantitative estimate of drug-likeness (QED) is 0.702. The van der Waals surface area contributed by atoms with E-state index in [2.05, 4.69) is 0 Å². The van der Waals surface area contributed by atoms with Crippen LogP contribution in [0.1, 0.15) is 27.7 Å². The Bertz CT molecular complexity index is 183. The molecule has 0 radical (unpaired) electrons. The number of rotatable bonds is 3. The van der Waals surface area contributed by atoms with E-state index >= 15 is 0 Å². The van der Waals surface area contributed by atoms with Gasteiger partial charge in [0.05, 0.1) is 5.41 Å². The SMILES string of the molecule is CN(C)C(C)(C)C(C)(C)C(=O)O. The highest BCUT2D eigenvalue weighted by Crippen LogP contribution is 2.34. The summed E-state index contributed by atoms with van der Waals surface area (Å²) in [6, 6.07) is 0. The predicted molar refractivity (Wildman–Crippen MR) is 49.2 cm³/mol. The zero-order chi connectivity index (χ0) is 10.2. The molecule has 0 aromatic carbocycles. The summed E-state index contributed by atoms with van der Waals surface area (Å²) in [5.74, 6) is -0.763. The summed E-state index contributed by atoms with van der Waals surface area (Å²) < 4.78 is 0. The molecule has 1 N–H and O–H groups in total. The second-order valence-corrected chi connectivity index (χ2v) is 4.38. The molecule has 3 nitrogen and oxygen atoms in total. The molecule has 0 aromatic heterocycles. The Hall–Kier alpha value is -0.570. The number of hydrogen-bond donors (Lipinski definition) is 1. The normalized spacial score (nSPS) is 13.6. The van der Waals surface area contributed by atoms with Crippen molar-refractivity contribution in [2.45, 2.75) is 33.2 Å².